The second-order valence-corrected chi connectivity index (χ2v) is 9.53. The van der Waals surface area contributed by atoms with Gasteiger partial charge in [-0.3, -0.25) is 0 Å². The highest BCUT2D eigenvalue weighted by Gasteiger charge is 2.30. The third-order valence-corrected chi connectivity index (χ3v) is 7.63. The summed E-state index contributed by atoms with van der Waals surface area (Å²) in [7, 11) is -1.99. The Morgan fingerprint density at radius 2 is 1.58 bits per heavy atom. The molecular weight excluding hydrogens is 412 g/mol. The molecule has 2 heterocycles. The van der Waals surface area contributed by atoms with E-state index in [2.05, 4.69) is 15.1 Å². The predicted molar refractivity (Wildman–Crippen MR) is 121 cm³/mol. The van der Waals surface area contributed by atoms with Gasteiger partial charge in [-0.15, -0.1) is 10.2 Å². The molecule has 0 N–H and O–H groups in total. The lowest BCUT2D eigenvalue weighted by Crippen LogP contribution is -2.49. The fourth-order valence-corrected chi connectivity index (χ4v) is 5.53. The number of nitrogens with zero attached hydrogens (tertiary/aromatic N) is 4. The molecule has 0 saturated carbocycles. The Labute approximate surface area is 183 Å². The van der Waals surface area contributed by atoms with Crippen molar-refractivity contribution in [1.82, 2.24) is 14.5 Å². The van der Waals surface area contributed by atoms with E-state index in [4.69, 9.17) is 4.74 Å². The van der Waals surface area contributed by atoms with Crippen molar-refractivity contribution in [3.05, 3.63) is 65.7 Å². The van der Waals surface area contributed by atoms with Crippen LogP contribution in [0.1, 0.15) is 11.1 Å². The highest BCUT2D eigenvalue weighted by molar-refractivity contribution is 7.89. The van der Waals surface area contributed by atoms with Gasteiger partial charge in [-0.2, -0.15) is 4.31 Å². The highest BCUT2D eigenvalue weighted by Crippen LogP contribution is 2.28. The summed E-state index contributed by atoms with van der Waals surface area (Å²) in [6.45, 7) is 5.57. The van der Waals surface area contributed by atoms with E-state index in [9.17, 15) is 8.42 Å². The van der Waals surface area contributed by atoms with Gasteiger partial charge in [-0.05, 0) is 49.2 Å². The Balaban J connectivity index is 1.47. The number of rotatable bonds is 5. The van der Waals surface area contributed by atoms with Gasteiger partial charge in [-0.1, -0.05) is 30.3 Å². The van der Waals surface area contributed by atoms with Gasteiger partial charge >= 0.3 is 0 Å². The number of hydrogen-bond donors (Lipinski definition) is 0. The van der Waals surface area contributed by atoms with Crippen LogP contribution in [0.3, 0.4) is 0 Å². The molecule has 4 rings (SSSR count). The van der Waals surface area contributed by atoms with Crippen molar-refractivity contribution in [3.8, 4) is 17.0 Å². The zero-order valence-corrected chi connectivity index (χ0v) is 18.8. The fraction of sp³-hybridized carbons (Fsp3) is 0.304. The van der Waals surface area contributed by atoms with E-state index in [0.29, 0.717) is 42.4 Å². The monoisotopic (exact) mass is 438 g/mol. The standard InChI is InChI=1S/C23H26N4O3S/c1-17-16-22(18(2)15-21(17)30-3)31(28,29)27-13-11-26(12-14-27)23-10-9-20(24-25-23)19-7-5-4-6-8-19/h4-10,15-16H,11-14H2,1-3H3. The number of ether oxygens (including phenoxy) is 1. The molecule has 0 radical (unpaired) electrons. The third kappa shape index (κ3) is 4.26. The summed E-state index contributed by atoms with van der Waals surface area (Å²) in [5.74, 6) is 1.45. The number of sulfonamides is 1. The minimum atomic E-state index is -3.57. The van der Waals surface area contributed by atoms with E-state index in [0.717, 1.165) is 22.6 Å². The summed E-state index contributed by atoms with van der Waals surface area (Å²) in [5, 5.41) is 8.70. The normalized spacial score (nSPS) is 15.1. The quantitative estimate of drug-likeness (QED) is 0.609. The molecule has 0 unspecified atom stereocenters. The van der Waals surface area contributed by atoms with Crippen LogP contribution in [0.5, 0.6) is 5.75 Å². The van der Waals surface area contributed by atoms with Crippen LogP contribution in [0, 0.1) is 13.8 Å². The van der Waals surface area contributed by atoms with Crippen molar-refractivity contribution in [2.75, 3.05) is 38.2 Å². The number of benzene rings is 2. The lowest BCUT2D eigenvalue weighted by Gasteiger charge is -2.34. The van der Waals surface area contributed by atoms with Gasteiger partial charge in [0.1, 0.15) is 5.75 Å². The van der Waals surface area contributed by atoms with Gasteiger partial charge in [0.15, 0.2) is 5.82 Å². The maximum atomic E-state index is 13.2. The predicted octanol–water partition coefficient (Wildman–Crippen LogP) is 3.28. The summed E-state index contributed by atoms with van der Waals surface area (Å²) < 4.78 is 33.3. The molecule has 3 aromatic rings. The molecule has 1 aliphatic heterocycles. The van der Waals surface area contributed by atoms with Crippen molar-refractivity contribution < 1.29 is 13.2 Å². The minimum Gasteiger partial charge on any atom is -0.496 e. The molecule has 1 aliphatic rings. The van der Waals surface area contributed by atoms with Crippen LogP contribution in [0.25, 0.3) is 11.3 Å². The fourth-order valence-electron chi connectivity index (χ4n) is 3.81. The average Bonchev–Trinajstić information content (AvgIpc) is 2.81. The number of aryl methyl sites for hydroxylation is 2. The largest absolute Gasteiger partial charge is 0.496 e. The number of aromatic nitrogens is 2. The Kier molecular flexibility index (Phi) is 5.93. The maximum absolute atomic E-state index is 13.2. The van der Waals surface area contributed by atoms with Gasteiger partial charge < -0.3 is 9.64 Å². The van der Waals surface area contributed by atoms with Crippen molar-refractivity contribution in [2.45, 2.75) is 18.7 Å². The van der Waals surface area contributed by atoms with Crippen molar-refractivity contribution in [3.63, 3.8) is 0 Å². The van der Waals surface area contributed by atoms with E-state index < -0.39 is 10.0 Å². The first-order chi connectivity index (χ1) is 14.9. The summed E-state index contributed by atoms with van der Waals surface area (Å²) in [5.41, 5.74) is 3.32. The number of anilines is 1. The van der Waals surface area contributed by atoms with Crippen LogP contribution >= 0.6 is 0 Å². The number of piperazine rings is 1. The summed E-state index contributed by atoms with van der Waals surface area (Å²) in [6.07, 6.45) is 0. The van der Waals surface area contributed by atoms with Gasteiger partial charge in [-0.25, -0.2) is 8.42 Å². The molecule has 2 aromatic carbocycles. The molecular formula is C23H26N4O3S. The SMILES string of the molecule is COc1cc(C)c(S(=O)(=O)N2CCN(c3ccc(-c4ccccc4)nn3)CC2)cc1C. The first-order valence-corrected chi connectivity index (χ1v) is 11.6. The molecule has 1 saturated heterocycles. The molecule has 0 atom stereocenters. The zero-order valence-electron chi connectivity index (χ0n) is 17.9. The lowest BCUT2D eigenvalue weighted by molar-refractivity contribution is 0.382. The van der Waals surface area contributed by atoms with Crippen LogP contribution in [0.4, 0.5) is 5.82 Å². The lowest BCUT2D eigenvalue weighted by atomic mass is 10.1. The van der Waals surface area contributed by atoms with E-state index in [-0.39, 0.29) is 0 Å². The molecule has 162 valence electrons. The van der Waals surface area contributed by atoms with Gasteiger partial charge in [0, 0.05) is 31.7 Å². The molecule has 1 fully saturated rings. The smallest absolute Gasteiger partial charge is 0.243 e. The van der Waals surface area contributed by atoms with E-state index >= 15 is 0 Å². The topological polar surface area (TPSA) is 75.6 Å². The molecule has 0 spiro atoms. The number of hydrogen-bond acceptors (Lipinski definition) is 6. The van der Waals surface area contributed by atoms with Gasteiger partial charge in [0.25, 0.3) is 0 Å². The second kappa shape index (κ2) is 8.64. The van der Waals surface area contributed by atoms with E-state index in [1.54, 1.807) is 30.5 Å². The summed E-state index contributed by atoms with van der Waals surface area (Å²) in [4.78, 5) is 2.41. The van der Waals surface area contributed by atoms with Crippen LogP contribution in [0.15, 0.2) is 59.5 Å². The Bertz CT molecular complexity index is 1160. The third-order valence-electron chi connectivity index (χ3n) is 5.59. The summed E-state index contributed by atoms with van der Waals surface area (Å²) in [6, 6.07) is 17.3. The molecule has 31 heavy (non-hydrogen) atoms. The zero-order chi connectivity index (χ0) is 22.0. The Morgan fingerprint density at radius 1 is 0.871 bits per heavy atom. The first-order valence-electron chi connectivity index (χ1n) is 10.2. The highest BCUT2D eigenvalue weighted by atomic mass is 32.2. The van der Waals surface area contributed by atoms with Crippen LogP contribution in [0.2, 0.25) is 0 Å². The van der Waals surface area contributed by atoms with Crippen LogP contribution in [-0.2, 0) is 10.0 Å². The average molecular weight is 439 g/mol. The molecule has 0 bridgehead atoms. The molecule has 0 aliphatic carbocycles. The van der Waals surface area contributed by atoms with Crippen molar-refractivity contribution >= 4 is 15.8 Å². The Hall–Kier alpha value is -2.97. The first kappa shape index (κ1) is 21.3. The van der Waals surface area contributed by atoms with E-state index in [1.807, 2.05) is 49.4 Å². The van der Waals surface area contributed by atoms with Crippen LogP contribution in [-0.4, -0.2) is 56.2 Å². The minimum absolute atomic E-state index is 0.339. The second-order valence-electron chi connectivity index (χ2n) is 7.62. The van der Waals surface area contributed by atoms with E-state index in [1.165, 1.54) is 0 Å². The molecule has 7 nitrogen and oxygen atoms in total. The van der Waals surface area contributed by atoms with Crippen molar-refractivity contribution in [1.29, 1.82) is 0 Å². The molecule has 0 amide bonds. The molecule has 1 aromatic heterocycles. The number of methoxy groups -OCH3 is 1. The van der Waals surface area contributed by atoms with Gasteiger partial charge in [0.2, 0.25) is 10.0 Å². The maximum Gasteiger partial charge on any atom is 0.243 e. The Morgan fingerprint density at radius 3 is 2.19 bits per heavy atom. The van der Waals surface area contributed by atoms with Crippen LogP contribution < -0.4 is 9.64 Å². The van der Waals surface area contributed by atoms with Crippen molar-refractivity contribution in [2.24, 2.45) is 0 Å². The molecule has 8 heteroatoms. The van der Waals surface area contributed by atoms with Gasteiger partial charge in [0.05, 0.1) is 17.7 Å². The summed E-state index contributed by atoms with van der Waals surface area (Å²) >= 11 is 0.